The molecular formula is C22H24F7N7O. The Kier molecular flexibility index (Phi) is 6.92. The average molecular weight is 535 g/mol. The normalized spacial score (nSPS) is 24.8. The minimum Gasteiger partial charge on any atom is -0.480 e. The second-order valence-electron chi connectivity index (χ2n) is 9.42. The zero-order valence-corrected chi connectivity index (χ0v) is 20.1. The maximum Gasteiger partial charge on any atom is 0.433 e. The molecule has 1 saturated carbocycles. The highest BCUT2D eigenvalue weighted by atomic mass is 19.4. The fourth-order valence-corrected chi connectivity index (χ4v) is 5.01. The molecule has 37 heavy (non-hydrogen) atoms. The lowest BCUT2D eigenvalue weighted by atomic mass is 9.79. The first kappa shape index (κ1) is 26.8. The topological polar surface area (TPSA) is 80.3 Å². The van der Waals surface area contributed by atoms with Crippen LogP contribution in [0.1, 0.15) is 31.2 Å². The first-order valence-electron chi connectivity index (χ1n) is 11.3. The maximum absolute atomic E-state index is 14.7. The van der Waals surface area contributed by atoms with E-state index < -0.39 is 53.2 Å². The number of aryl methyl sites for hydroxylation is 1. The number of rotatable bonds is 5. The smallest absolute Gasteiger partial charge is 0.433 e. The molecule has 0 radical (unpaired) electrons. The van der Waals surface area contributed by atoms with Crippen LogP contribution in [0.15, 0.2) is 33.8 Å². The van der Waals surface area contributed by atoms with Crippen LogP contribution in [0.5, 0.6) is 5.75 Å². The fraction of sp³-hybridized carbons (Fsp3) is 0.591. The first-order valence-corrected chi connectivity index (χ1v) is 11.3. The van der Waals surface area contributed by atoms with Crippen LogP contribution in [-0.4, -0.2) is 53.6 Å². The summed E-state index contributed by atoms with van der Waals surface area (Å²) in [5, 5.41) is 8.08. The van der Waals surface area contributed by atoms with E-state index in [4.69, 9.17) is 0 Å². The molecule has 2 aromatic heterocycles. The molecular weight excluding hydrogens is 511 g/mol. The van der Waals surface area contributed by atoms with E-state index in [1.54, 1.807) is 4.90 Å². The van der Waals surface area contributed by atoms with E-state index in [9.17, 15) is 30.7 Å². The van der Waals surface area contributed by atoms with Gasteiger partial charge in [-0.3, -0.25) is 4.99 Å². The van der Waals surface area contributed by atoms with Crippen LogP contribution >= 0.6 is 0 Å². The molecule has 2 aliphatic rings. The Morgan fingerprint density at radius 1 is 1.16 bits per heavy atom. The Balaban J connectivity index is 1.68. The second-order valence-corrected chi connectivity index (χ2v) is 9.42. The molecule has 0 amide bonds. The van der Waals surface area contributed by atoms with Crippen molar-refractivity contribution in [3.05, 3.63) is 41.2 Å². The molecule has 1 aliphatic carbocycles. The number of pyridine rings is 1. The van der Waals surface area contributed by atoms with Crippen LogP contribution in [0.4, 0.5) is 36.6 Å². The van der Waals surface area contributed by atoms with Gasteiger partial charge in [0.2, 0.25) is 0 Å². The number of alkyl halides is 6. The third kappa shape index (κ3) is 5.39. The summed E-state index contributed by atoms with van der Waals surface area (Å²) in [6.07, 6.45) is -6.99. The molecule has 1 aliphatic heterocycles. The van der Waals surface area contributed by atoms with Gasteiger partial charge in [-0.1, -0.05) is 12.1 Å². The van der Waals surface area contributed by atoms with Crippen LogP contribution in [-0.2, 0) is 6.18 Å². The summed E-state index contributed by atoms with van der Waals surface area (Å²) in [7, 11) is 1.11. The monoisotopic (exact) mass is 535 g/mol. The van der Waals surface area contributed by atoms with Crippen molar-refractivity contribution in [1.29, 1.82) is 0 Å². The Bertz CT molecular complexity index is 1260. The van der Waals surface area contributed by atoms with E-state index in [0.29, 0.717) is 36.7 Å². The molecule has 0 spiro atoms. The van der Waals surface area contributed by atoms with Crippen molar-refractivity contribution in [2.45, 2.75) is 45.1 Å². The zero-order chi connectivity index (χ0) is 27.2. The number of aromatic nitrogens is 3. The molecule has 8 nitrogen and oxygen atoms in total. The number of halogens is 7. The second kappa shape index (κ2) is 9.56. The largest absolute Gasteiger partial charge is 0.480 e. The molecule has 15 heteroatoms. The van der Waals surface area contributed by atoms with Crippen LogP contribution in [0.3, 0.4) is 0 Å². The van der Waals surface area contributed by atoms with Crippen molar-refractivity contribution < 1.29 is 35.5 Å². The summed E-state index contributed by atoms with van der Waals surface area (Å²) in [5.74, 6) is -1.08. The highest BCUT2D eigenvalue weighted by molar-refractivity contribution is 5.43. The lowest BCUT2D eigenvalue weighted by Gasteiger charge is -2.42. The lowest BCUT2D eigenvalue weighted by Crippen LogP contribution is -2.50. The van der Waals surface area contributed by atoms with Crippen molar-refractivity contribution in [3.8, 4) is 5.75 Å². The summed E-state index contributed by atoms with van der Waals surface area (Å²) >= 11 is 0. The van der Waals surface area contributed by atoms with E-state index in [1.807, 2.05) is 6.92 Å². The van der Waals surface area contributed by atoms with Gasteiger partial charge in [-0.2, -0.15) is 36.1 Å². The van der Waals surface area contributed by atoms with Gasteiger partial charge in [0, 0.05) is 31.5 Å². The molecule has 202 valence electrons. The SMILES string of the molecule is CN=c1c(OCC(F)(F)F)ccc(C(F)(F)F)n1N=N[C@H]1C2CC[C@]1(C)CN(c1ncnc(C)c1F)C2. The summed E-state index contributed by atoms with van der Waals surface area (Å²) in [6.45, 7) is 2.38. The maximum atomic E-state index is 14.7. The number of anilines is 1. The van der Waals surface area contributed by atoms with E-state index in [-0.39, 0.29) is 17.4 Å². The molecule has 3 atom stereocenters. The summed E-state index contributed by atoms with van der Waals surface area (Å²) in [6, 6.07) is 0.816. The quantitative estimate of drug-likeness (QED) is 0.410. The van der Waals surface area contributed by atoms with E-state index in [1.165, 1.54) is 13.3 Å². The average Bonchev–Trinajstić information content (AvgIpc) is 2.99. The summed E-state index contributed by atoms with van der Waals surface area (Å²) < 4.78 is 98.9. The molecule has 2 bridgehead atoms. The minimum absolute atomic E-state index is 0.149. The number of hydrogen-bond acceptors (Lipinski definition) is 7. The van der Waals surface area contributed by atoms with Gasteiger partial charge in [0.05, 0.1) is 11.7 Å². The molecule has 1 saturated heterocycles. The van der Waals surface area contributed by atoms with Gasteiger partial charge in [0.15, 0.2) is 29.5 Å². The number of hydrogen-bond donors (Lipinski definition) is 0. The Hall–Kier alpha value is -3.26. The van der Waals surface area contributed by atoms with Crippen LogP contribution < -0.4 is 15.1 Å². The van der Waals surface area contributed by atoms with Crippen molar-refractivity contribution in [2.24, 2.45) is 26.7 Å². The van der Waals surface area contributed by atoms with Crippen LogP contribution in [0.25, 0.3) is 0 Å². The Morgan fingerprint density at radius 3 is 2.51 bits per heavy atom. The van der Waals surface area contributed by atoms with Gasteiger partial charge in [-0.15, -0.1) is 0 Å². The van der Waals surface area contributed by atoms with E-state index in [2.05, 4.69) is 30.0 Å². The van der Waals surface area contributed by atoms with Crippen LogP contribution in [0.2, 0.25) is 0 Å². The van der Waals surface area contributed by atoms with Gasteiger partial charge in [0.1, 0.15) is 12.0 Å². The van der Waals surface area contributed by atoms with Gasteiger partial charge in [-0.05, 0) is 31.9 Å². The number of fused-ring (bicyclic) bond motifs is 2. The molecule has 2 aromatic rings. The highest BCUT2D eigenvalue weighted by Gasteiger charge is 2.51. The summed E-state index contributed by atoms with van der Waals surface area (Å²) in [5.41, 5.74) is -2.20. The van der Waals surface area contributed by atoms with Gasteiger partial charge in [-0.25, -0.2) is 14.4 Å². The minimum atomic E-state index is -4.89. The van der Waals surface area contributed by atoms with Gasteiger partial charge in [0.25, 0.3) is 0 Å². The predicted octanol–water partition coefficient (Wildman–Crippen LogP) is 4.74. The number of ether oxygens (including phenoxy) is 1. The predicted molar refractivity (Wildman–Crippen MR) is 116 cm³/mol. The third-order valence-electron chi connectivity index (χ3n) is 6.70. The molecule has 0 N–H and O–H groups in total. The molecule has 0 aromatic carbocycles. The van der Waals surface area contributed by atoms with Crippen molar-refractivity contribution in [3.63, 3.8) is 0 Å². The van der Waals surface area contributed by atoms with Crippen molar-refractivity contribution in [2.75, 3.05) is 31.6 Å². The highest BCUT2D eigenvalue weighted by Crippen LogP contribution is 2.49. The zero-order valence-electron chi connectivity index (χ0n) is 20.1. The Labute approximate surface area is 206 Å². The lowest BCUT2D eigenvalue weighted by molar-refractivity contribution is -0.154. The number of piperidine rings is 1. The molecule has 3 heterocycles. The number of nitrogens with zero attached hydrogens (tertiary/aromatic N) is 7. The van der Waals surface area contributed by atoms with Crippen LogP contribution in [0, 0.1) is 24.1 Å². The third-order valence-corrected chi connectivity index (χ3v) is 6.70. The van der Waals surface area contributed by atoms with Gasteiger partial charge >= 0.3 is 12.4 Å². The summed E-state index contributed by atoms with van der Waals surface area (Å²) in [4.78, 5) is 13.4. The van der Waals surface area contributed by atoms with Gasteiger partial charge < -0.3 is 9.64 Å². The van der Waals surface area contributed by atoms with E-state index >= 15 is 0 Å². The van der Waals surface area contributed by atoms with Crippen molar-refractivity contribution >= 4 is 5.82 Å². The Morgan fingerprint density at radius 2 is 1.89 bits per heavy atom. The first-order chi connectivity index (χ1) is 17.2. The fourth-order valence-electron chi connectivity index (χ4n) is 5.01. The molecule has 1 unspecified atom stereocenters. The molecule has 2 fully saturated rings. The standard InChI is InChI=1S/C22H24F7N7O/c1-12-16(23)19(32-11-31-12)35-8-13-6-7-20(2,9-35)17(13)33-34-36-15(22(27,28)29)5-4-14(18(36)30-3)37-10-21(24,25)26/h4-5,11,13,17H,6-10H2,1-3H3/t13?,17-,20+/m0/s1. The van der Waals surface area contributed by atoms with E-state index in [0.717, 1.165) is 13.1 Å². The molecule has 4 rings (SSSR count). The van der Waals surface area contributed by atoms with Crippen molar-refractivity contribution in [1.82, 2.24) is 14.6 Å².